The number of benzene rings is 1. The van der Waals surface area contributed by atoms with Crippen LogP contribution >= 0.6 is 0 Å². The van der Waals surface area contributed by atoms with Gasteiger partial charge in [-0.15, -0.1) is 0 Å². The molecule has 1 aromatic heterocycles. The lowest BCUT2D eigenvalue weighted by Gasteiger charge is -2.26. The van der Waals surface area contributed by atoms with Crippen LogP contribution in [-0.2, 0) is 11.3 Å². The molecule has 1 aliphatic rings. The molecule has 1 saturated heterocycles. The van der Waals surface area contributed by atoms with Crippen LogP contribution in [0, 0.1) is 18.3 Å². The van der Waals surface area contributed by atoms with Crippen molar-refractivity contribution in [3.63, 3.8) is 0 Å². The Morgan fingerprint density at radius 3 is 2.66 bits per heavy atom. The normalized spacial score (nSPS) is 13.3. The van der Waals surface area contributed by atoms with Crippen molar-refractivity contribution in [1.29, 1.82) is 5.26 Å². The van der Waals surface area contributed by atoms with E-state index in [4.69, 9.17) is 14.7 Å². The molecule has 1 aliphatic heterocycles. The fourth-order valence-corrected chi connectivity index (χ4v) is 3.57. The Bertz CT molecular complexity index is 989. The maximum atomic E-state index is 12.8. The minimum Gasteiger partial charge on any atom is -0.490 e. The number of aryl methyl sites for hydroxylation is 2. The Labute approximate surface area is 187 Å². The lowest BCUT2D eigenvalue weighted by molar-refractivity contribution is -0.134. The Morgan fingerprint density at radius 2 is 1.94 bits per heavy atom. The molecule has 9 heteroatoms. The van der Waals surface area contributed by atoms with Crippen LogP contribution in [0.2, 0.25) is 0 Å². The van der Waals surface area contributed by atoms with Gasteiger partial charge in [0.15, 0.2) is 18.1 Å². The van der Waals surface area contributed by atoms with E-state index in [1.54, 1.807) is 28.9 Å². The predicted octanol–water partition coefficient (Wildman–Crippen LogP) is 3.15. The van der Waals surface area contributed by atoms with Crippen molar-refractivity contribution in [3.8, 4) is 17.6 Å². The van der Waals surface area contributed by atoms with Gasteiger partial charge >= 0.3 is 0 Å². The Balaban J connectivity index is 1.69. The first kappa shape index (κ1) is 23.1. The van der Waals surface area contributed by atoms with Crippen molar-refractivity contribution < 1.29 is 19.1 Å². The highest BCUT2D eigenvalue weighted by Gasteiger charge is 2.19. The molecule has 9 nitrogen and oxygen atoms in total. The summed E-state index contributed by atoms with van der Waals surface area (Å²) in [4.78, 5) is 27.0. The first-order valence-electron chi connectivity index (χ1n) is 10.9. The third kappa shape index (κ3) is 6.00. The van der Waals surface area contributed by atoms with Gasteiger partial charge in [0.2, 0.25) is 0 Å². The van der Waals surface area contributed by atoms with Gasteiger partial charge < -0.3 is 19.7 Å². The summed E-state index contributed by atoms with van der Waals surface area (Å²) < 4.78 is 13.0. The van der Waals surface area contributed by atoms with E-state index >= 15 is 0 Å². The summed E-state index contributed by atoms with van der Waals surface area (Å²) in [6, 6.07) is 8.69. The highest BCUT2D eigenvalue weighted by molar-refractivity contribution is 6.04. The predicted molar refractivity (Wildman–Crippen MR) is 119 cm³/mol. The van der Waals surface area contributed by atoms with Gasteiger partial charge in [-0.3, -0.25) is 9.59 Å². The monoisotopic (exact) mass is 439 g/mol. The van der Waals surface area contributed by atoms with E-state index < -0.39 is 0 Å². The Kier molecular flexibility index (Phi) is 8.08. The molecule has 0 spiro atoms. The van der Waals surface area contributed by atoms with Gasteiger partial charge in [-0.1, -0.05) is 0 Å². The standard InChI is InChI=1S/C23H29N5O4/c1-3-31-20-15-18(23(30)25-21-14-17(2)26-28(21)13-7-10-24)8-9-19(20)32-16-22(29)27-11-5-4-6-12-27/h8-9,14-15H,3-7,11-13,16H2,1-2H3,(H,25,30). The van der Waals surface area contributed by atoms with Crippen molar-refractivity contribution in [2.24, 2.45) is 0 Å². The summed E-state index contributed by atoms with van der Waals surface area (Å²) in [5.41, 5.74) is 1.13. The number of likely N-dealkylation sites (tertiary alicyclic amines) is 1. The highest BCUT2D eigenvalue weighted by Crippen LogP contribution is 2.29. The lowest BCUT2D eigenvalue weighted by Crippen LogP contribution is -2.38. The molecule has 1 fully saturated rings. The number of carbonyl (C=O) groups excluding carboxylic acids is 2. The van der Waals surface area contributed by atoms with Crippen LogP contribution in [-0.4, -0.2) is 52.8 Å². The second kappa shape index (κ2) is 11.2. The van der Waals surface area contributed by atoms with Crippen molar-refractivity contribution in [2.75, 3.05) is 31.6 Å². The molecule has 32 heavy (non-hydrogen) atoms. The van der Waals surface area contributed by atoms with E-state index in [1.807, 2.05) is 18.7 Å². The number of hydrogen-bond acceptors (Lipinski definition) is 6. The van der Waals surface area contributed by atoms with E-state index in [9.17, 15) is 9.59 Å². The van der Waals surface area contributed by atoms with E-state index in [2.05, 4.69) is 16.5 Å². The maximum Gasteiger partial charge on any atom is 0.260 e. The quantitative estimate of drug-likeness (QED) is 0.643. The summed E-state index contributed by atoms with van der Waals surface area (Å²) >= 11 is 0. The molecular weight excluding hydrogens is 410 g/mol. The molecule has 0 aliphatic carbocycles. The number of amides is 2. The van der Waals surface area contributed by atoms with Crippen LogP contribution in [0.3, 0.4) is 0 Å². The molecule has 0 unspecified atom stereocenters. The fraction of sp³-hybridized carbons (Fsp3) is 0.478. The minimum absolute atomic E-state index is 0.0463. The van der Waals surface area contributed by atoms with Crippen molar-refractivity contribution in [1.82, 2.24) is 14.7 Å². The van der Waals surface area contributed by atoms with Crippen LogP contribution < -0.4 is 14.8 Å². The molecule has 1 N–H and O–H groups in total. The van der Waals surface area contributed by atoms with Gasteiger partial charge in [0.05, 0.1) is 31.3 Å². The summed E-state index contributed by atoms with van der Waals surface area (Å²) in [6.45, 7) is 5.91. The lowest BCUT2D eigenvalue weighted by atomic mass is 10.1. The average Bonchev–Trinajstić information content (AvgIpc) is 3.15. The number of ether oxygens (including phenoxy) is 2. The summed E-state index contributed by atoms with van der Waals surface area (Å²) in [5, 5.41) is 16.0. The number of aromatic nitrogens is 2. The van der Waals surface area contributed by atoms with Crippen LogP contribution in [0.25, 0.3) is 0 Å². The molecule has 2 heterocycles. The molecule has 0 bridgehead atoms. The number of nitrogens with zero attached hydrogens (tertiary/aromatic N) is 4. The molecular formula is C23H29N5O4. The highest BCUT2D eigenvalue weighted by atomic mass is 16.5. The number of piperidine rings is 1. The molecule has 1 aromatic carbocycles. The third-order valence-electron chi connectivity index (χ3n) is 5.14. The summed E-state index contributed by atoms with van der Waals surface area (Å²) in [7, 11) is 0. The number of anilines is 1. The van der Waals surface area contributed by atoms with Gasteiger partial charge in [0, 0.05) is 24.7 Å². The van der Waals surface area contributed by atoms with E-state index in [-0.39, 0.29) is 18.4 Å². The van der Waals surface area contributed by atoms with Crippen LogP contribution in [0.4, 0.5) is 5.82 Å². The molecule has 0 radical (unpaired) electrons. The summed E-state index contributed by atoms with van der Waals surface area (Å²) in [5.74, 6) is 0.965. The van der Waals surface area contributed by atoms with E-state index in [0.29, 0.717) is 42.5 Å². The topological polar surface area (TPSA) is 109 Å². The van der Waals surface area contributed by atoms with Crippen LogP contribution in [0.5, 0.6) is 11.5 Å². The van der Waals surface area contributed by atoms with Crippen LogP contribution in [0.1, 0.15) is 48.7 Å². The zero-order chi connectivity index (χ0) is 22.9. The molecule has 2 amide bonds. The van der Waals surface area contributed by atoms with Crippen molar-refractivity contribution in [2.45, 2.75) is 46.1 Å². The SMILES string of the molecule is CCOc1cc(C(=O)Nc2cc(C)nn2CCC#N)ccc1OCC(=O)N1CCCCC1. The fourth-order valence-electron chi connectivity index (χ4n) is 3.57. The second-order valence-corrected chi connectivity index (χ2v) is 7.58. The smallest absolute Gasteiger partial charge is 0.260 e. The minimum atomic E-state index is -0.333. The average molecular weight is 440 g/mol. The van der Waals surface area contributed by atoms with Gasteiger partial charge in [0.1, 0.15) is 5.82 Å². The third-order valence-corrected chi connectivity index (χ3v) is 5.14. The zero-order valence-electron chi connectivity index (χ0n) is 18.6. The second-order valence-electron chi connectivity index (χ2n) is 7.58. The number of nitrogens with one attached hydrogen (secondary N) is 1. The number of carbonyl (C=O) groups is 2. The van der Waals surface area contributed by atoms with Gasteiger partial charge in [-0.2, -0.15) is 10.4 Å². The first-order chi connectivity index (χ1) is 15.5. The largest absolute Gasteiger partial charge is 0.490 e. The van der Waals surface area contributed by atoms with Crippen molar-refractivity contribution in [3.05, 3.63) is 35.5 Å². The number of nitriles is 1. The Morgan fingerprint density at radius 1 is 1.16 bits per heavy atom. The van der Waals surface area contributed by atoms with Gasteiger partial charge in [-0.05, 0) is 51.3 Å². The Hall–Kier alpha value is -3.54. The molecule has 0 saturated carbocycles. The number of rotatable bonds is 9. The molecule has 2 aromatic rings. The molecule has 3 rings (SSSR count). The van der Waals surface area contributed by atoms with E-state index in [0.717, 1.165) is 38.0 Å². The van der Waals surface area contributed by atoms with Crippen LogP contribution in [0.15, 0.2) is 24.3 Å². The van der Waals surface area contributed by atoms with Crippen molar-refractivity contribution >= 4 is 17.6 Å². The van der Waals surface area contributed by atoms with E-state index in [1.165, 1.54) is 0 Å². The maximum absolute atomic E-state index is 12.8. The molecule has 170 valence electrons. The first-order valence-corrected chi connectivity index (χ1v) is 10.9. The van der Waals surface area contributed by atoms with Gasteiger partial charge in [-0.25, -0.2) is 4.68 Å². The van der Waals surface area contributed by atoms with Gasteiger partial charge in [0.25, 0.3) is 11.8 Å². The summed E-state index contributed by atoms with van der Waals surface area (Å²) in [6.07, 6.45) is 3.49. The molecule has 0 atom stereocenters. The number of hydrogen-bond donors (Lipinski definition) is 1. The zero-order valence-corrected chi connectivity index (χ0v) is 18.6.